The van der Waals surface area contributed by atoms with Crippen LogP contribution in [0.15, 0.2) is 139 Å². The Kier molecular flexibility index (Phi) is 23.8. The van der Waals surface area contributed by atoms with Crippen LogP contribution < -0.4 is 15.5 Å². The number of nitrogens with one attached hydrogen (secondary N) is 6. The molecule has 15 nitrogen and oxygen atoms in total. The van der Waals surface area contributed by atoms with Crippen molar-refractivity contribution in [3.05, 3.63) is 233 Å². The summed E-state index contributed by atoms with van der Waals surface area (Å²) >= 11 is 18.5. The zero-order valence-corrected chi connectivity index (χ0v) is 54.5. The minimum atomic E-state index is -3.53. The largest absolute Gasteiger partial charge is 0.382 e. The summed E-state index contributed by atoms with van der Waals surface area (Å²) in [6, 6.07) is 43.6. The monoisotopic (exact) mass is 1290 g/mol. The van der Waals surface area contributed by atoms with Crippen molar-refractivity contribution in [3.63, 3.8) is 0 Å². The molecule has 12 rings (SSSR count). The molecule has 90 heavy (non-hydrogen) atoms. The number of aromatic nitrogens is 6. The van der Waals surface area contributed by atoms with Gasteiger partial charge in [-0.2, -0.15) is 15.3 Å². The van der Waals surface area contributed by atoms with Gasteiger partial charge in [-0.3, -0.25) is 24.9 Å². The molecule has 19 heteroatoms. The van der Waals surface area contributed by atoms with E-state index in [9.17, 15) is 18.0 Å². The molecule has 6 N–H and O–H groups in total. The van der Waals surface area contributed by atoms with E-state index in [0.717, 1.165) is 194 Å². The third-order valence-electron chi connectivity index (χ3n) is 17.7. The number of hydrogen-bond acceptors (Lipinski definition) is 9. The third kappa shape index (κ3) is 18.2. The number of piperidine rings is 1. The SMILES string of the molecule is COC[C@H](NC(=O)c1n[nH]c2c1CCCC[C@@H]2Cc1cccc(Cl)c1)c1ccccc1.C[C@H](NC(=O)c1n[nH]c2c1CCCC[C@@H]2Cc1cccc(Cl)c1)c1ccccc1.O=S(=O)(/C=C/c1n[nH]c2c1CCCCC2Cc1cccc(Cl)c1)NN1CCCCC1. The Balaban J connectivity index is 0.000000149. The summed E-state index contributed by atoms with van der Waals surface area (Å²) in [5.74, 6) is 0.688. The van der Waals surface area contributed by atoms with E-state index in [2.05, 4.69) is 64.3 Å². The molecule has 5 atom stereocenters. The number of hydrogen-bond donors (Lipinski definition) is 6. The van der Waals surface area contributed by atoms with Crippen molar-refractivity contribution < 1.29 is 22.7 Å². The molecule has 1 unspecified atom stereocenters. The lowest BCUT2D eigenvalue weighted by molar-refractivity contribution is 0.0889. The molecule has 0 saturated carbocycles. The Bertz CT molecular complexity index is 3770. The number of aromatic amines is 3. The van der Waals surface area contributed by atoms with Crippen molar-refractivity contribution in [1.29, 1.82) is 0 Å². The van der Waals surface area contributed by atoms with Gasteiger partial charge in [0.15, 0.2) is 11.4 Å². The van der Waals surface area contributed by atoms with Crippen molar-refractivity contribution in [2.45, 2.75) is 152 Å². The van der Waals surface area contributed by atoms with E-state index >= 15 is 0 Å². The van der Waals surface area contributed by atoms with E-state index < -0.39 is 10.0 Å². The van der Waals surface area contributed by atoms with Crippen LogP contribution in [-0.2, 0) is 53.3 Å². The second-order valence-corrected chi connectivity index (χ2v) is 27.1. The summed E-state index contributed by atoms with van der Waals surface area (Å²) in [5.41, 5.74) is 14.1. The number of benzene rings is 5. The number of hydrazine groups is 1. The van der Waals surface area contributed by atoms with E-state index in [1.54, 1.807) is 18.2 Å². The van der Waals surface area contributed by atoms with Crippen LogP contribution in [0, 0.1) is 0 Å². The number of carbonyl (C=O) groups is 2. The minimum absolute atomic E-state index is 0.0657. The van der Waals surface area contributed by atoms with E-state index in [1.807, 2.05) is 122 Å². The number of sulfonamides is 1. The molecule has 4 aliphatic rings. The van der Waals surface area contributed by atoms with Gasteiger partial charge in [0, 0.05) is 92.2 Å². The Hall–Kier alpha value is -6.89. The zero-order valence-electron chi connectivity index (χ0n) is 51.5. The number of ether oxygens (including phenoxy) is 1. The van der Waals surface area contributed by atoms with Crippen LogP contribution in [0.25, 0.3) is 6.08 Å². The number of H-pyrrole nitrogens is 3. The fourth-order valence-electron chi connectivity index (χ4n) is 13.2. The highest BCUT2D eigenvalue weighted by atomic mass is 35.5. The summed E-state index contributed by atoms with van der Waals surface area (Å²) in [6.45, 7) is 3.92. The van der Waals surface area contributed by atoms with Gasteiger partial charge < -0.3 is 15.4 Å². The molecule has 0 bridgehead atoms. The van der Waals surface area contributed by atoms with Crippen LogP contribution in [0.2, 0.25) is 15.1 Å². The highest BCUT2D eigenvalue weighted by Crippen LogP contribution is 2.37. The van der Waals surface area contributed by atoms with E-state index in [1.165, 1.54) is 22.1 Å². The summed E-state index contributed by atoms with van der Waals surface area (Å²) in [6.07, 6.45) is 20.0. The molecule has 1 saturated heterocycles. The number of carbonyl (C=O) groups excluding carboxylic acids is 2. The normalized spacial score (nSPS) is 18.3. The first-order valence-corrected chi connectivity index (χ1v) is 34.6. The molecule has 2 amide bonds. The third-order valence-corrected chi connectivity index (χ3v) is 19.4. The Labute approximate surface area is 544 Å². The maximum absolute atomic E-state index is 13.2. The lowest BCUT2D eigenvalue weighted by Crippen LogP contribution is -2.44. The number of amides is 2. The van der Waals surface area contributed by atoms with Crippen molar-refractivity contribution in [1.82, 2.24) is 51.1 Å². The second-order valence-electron chi connectivity index (χ2n) is 24.2. The summed E-state index contributed by atoms with van der Waals surface area (Å²) < 4.78 is 30.3. The average Bonchev–Trinajstić information content (AvgIpc) is 2.18. The van der Waals surface area contributed by atoms with E-state index in [0.29, 0.717) is 35.7 Å². The van der Waals surface area contributed by atoms with Crippen molar-refractivity contribution in [2.24, 2.45) is 0 Å². The number of halogens is 3. The van der Waals surface area contributed by atoms with Gasteiger partial charge in [0.25, 0.3) is 11.8 Å². The summed E-state index contributed by atoms with van der Waals surface area (Å²) in [5, 5.41) is 34.5. The standard InChI is InChI=1S/C25H28ClN3O2.C24H26ClN3O.C22H29ClN4O2S/c1-31-16-22(18-9-3-2-4-10-18)27-25(30)24-21-13-6-5-11-19(23(21)28-29-24)14-17-8-7-12-20(26)15-17;1-16(18-9-3-2-4-10-18)26-24(29)23-21-13-6-5-11-19(22(21)27-28-23)14-17-8-7-12-20(25)15-17;23-19-9-6-7-17(16-19)15-18-8-2-3-10-20-21(24-25-22(18)20)11-14-30(28,29)26-27-12-4-1-5-13-27/h2-4,7-10,12,15,19,22H,5-6,11,13-14,16H2,1H3,(H,27,30)(H,28,29);2-4,7-10,12,15-16,19H,5-6,11,13-14H2,1H3,(H,26,29)(H,27,28);6-7,9,11,14,16,18,26H,1-5,8,10,12-13,15H2,(H,24,25)/b;;14-11+/t19-,22+;16-,19+;/m10./s1. The van der Waals surface area contributed by atoms with Crippen LogP contribution in [-0.4, -0.2) is 82.6 Å². The predicted molar refractivity (Wildman–Crippen MR) is 359 cm³/mol. The molecule has 3 aromatic heterocycles. The molecule has 0 spiro atoms. The second kappa shape index (κ2) is 32.4. The van der Waals surface area contributed by atoms with Gasteiger partial charge in [0.2, 0.25) is 10.0 Å². The number of rotatable bonds is 18. The first-order valence-electron chi connectivity index (χ1n) is 31.9. The lowest BCUT2D eigenvalue weighted by atomic mass is 9.91. The van der Waals surface area contributed by atoms with Crippen molar-refractivity contribution in [3.8, 4) is 0 Å². The zero-order chi connectivity index (χ0) is 62.8. The van der Waals surface area contributed by atoms with Gasteiger partial charge in [-0.05, 0) is 167 Å². The highest BCUT2D eigenvalue weighted by molar-refractivity contribution is 7.92. The van der Waals surface area contributed by atoms with Crippen LogP contribution in [0.1, 0.15) is 202 Å². The first kappa shape index (κ1) is 66.0. The molecule has 1 aliphatic heterocycles. The Morgan fingerprint density at radius 2 is 1.01 bits per heavy atom. The quantitative estimate of drug-likeness (QED) is 0.0452. The van der Waals surface area contributed by atoms with Crippen molar-refractivity contribution in [2.75, 3.05) is 26.8 Å². The highest BCUT2D eigenvalue weighted by Gasteiger charge is 2.31. The van der Waals surface area contributed by atoms with Crippen LogP contribution in [0.3, 0.4) is 0 Å². The Morgan fingerprint density at radius 1 is 0.567 bits per heavy atom. The lowest BCUT2D eigenvalue weighted by Gasteiger charge is -2.25. The Morgan fingerprint density at radius 3 is 1.49 bits per heavy atom. The van der Waals surface area contributed by atoms with Gasteiger partial charge >= 0.3 is 0 Å². The molecule has 4 heterocycles. The molecular weight excluding hydrogens is 1210 g/mol. The number of methoxy groups -OCH3 is 1. The molecule has 0 radical (unpaired) electrons. The van der Waals surface area contributed by atoms with E-state index in [-0.39, 0.29) is 23.9 Å². The van der Waals surface area contributed by atoms with Crippen LogP contribution in [0.4, 0.5) is 0 Å². The number of nitrogens with zero attached hydrogens (tertiary/aromatic N) is 4. The fourth-order valence-corrected chi connectivity index (χ4v) is 14.7. The number of fused-ring (bicyclic) bond motifs is 3. The molecule has 3 aliphatic carbocycles. The molecular formula is C71H83Cl3N10O5S. The maximum Gasteiger partial charge on any atom is 0.272 e. The van der Waals surface area contributed by atoms with Crippen LogP contribution in [0.5, 0.6) is 0 Å². The van der Waals surface area contributed by atoms with Gasteiger partial charge in [0.1, 0.15) is 0 Å². The molecule has 5 aromatic carbocycles. The summed E-state index contributed by atoms with van der Waals surface area (Å²) in [4.78, 5) is 28.8. The first-order chi connectivity index (χ1) is 43.8. The summed E-state index contributed by atoms with van der Waals surface area (Å²) in [7, 11) is -1.89. The molecule has 474 valence electrons. The van der Waals surface area contributed by atoms with E-state index in [4.69, 9.17) is 39.5 Å². The predicted octanol–water partition coefficient (Wildman–Crippen LogP) is 15.2. The van der Waals surface area contributed by atoms with Gasteiger partial charge in [-0.15, -0.1) is 4.83 Å². The van der Waals surface area contributed by atoms with Gasteiger partial charge in [-0.1, -0.05) is 158 Å². The smallest absolute Gasteiger partial charge is 0.272 e. The average molecular weight is 1290 g/mol. The fraction of sp³-hybridized carbons (Fsp3) is 0.394. The van der Waals surface area contributed by atoms with Gasteiger partial charge in [-0.25, -0.2) is 13.4 Å². The van der Waals surface area contributed by atoms with Crippen LogP contribution >= 0.6 is 34.8 Å². The maximum atomic E-state index is 13.2. The van der Waals surface area contributed by atoms with Crippen molar-refractivity contribution >= 4 is 62.7 Å². The topological polar surface area (TPSA) is 203 Å². The minimum Gasteiger partial charge on any atom is -0.382 e. The molecule has 1 fully saturated rings. The molecule has 8 aromatic rings. The van der Waals surface area contributed by atoms with Gasteiger partial charge in [0.05, 0.1) is 24.4 Å².